The summed E-state index contributed by atoms with van der Waals surface area (Å²) in [7, 11) is 1.84. The van der Waals surface area contributed by atoms with Gasteiger partial charge < -0.3 is 10.6 Å². The van der Waals surface area contributed by atoms with Crippen LogP contribution in [-0.2, 0) is 0 Å². The maximum atomic E-state index is 4.28. The van der Waals surface area contributed by atoms with Crippen LogP contribution in [0.5, 0.6) is 0 Å². The Morgan fingerprint density at radius 2 is 2.06 bits per heavy atom. The summed E-state index contributed by atoms with van der Waals surface area (Å²) in [6.45, 7) is 11.1. The lowest BCUT2D eigenvalue weighted by Gasteiger charge is -2.25. The van der Waals surface area contributed by atoms with Gasteiger partial charge in [-0.15, -0.1) is 0 Å². The molecule has 0 amide bonds. The molecular formula is C14H29N3S. The van der Waals surface area contributed by atoms with Crippen molar-refractivity contribution in [1.82, 2.24) is 10.6 Å². The lowest BCUT2D eigenvalue weighted by Crippen LogP contribution is -2.44. The minimum Gasteiger partial charge on any atom is -0.356 e. The highest BCUT2D eigenvalue weighted by molar-refractivity contribution is 8.00. The predicted octanol–water partition coefficient (Wildman–Crippen LogP) is 2.87. The van der Waals surface area contributed by atoms with Gasteiger partial charge in [-0.3, -0.25) is 4.99 Å². The Balaban J connectivity index is 2.26. The molecule has 0 aromatic carbocycles. The van der Waals surface area contributed by atoms with E-state index in [1.165, 1.54) is 18.6 Å². The highest BCUT2D eigenvalue weighted by Crippen LogP contribution is 2.36. The van der Waals surface area contributed by atoms with Crippen molar-refractivity contribution in [2.75, 3.05) is 25.9 Å². The second-order valence-corrected chi connectivity index (χ2v) is 8.25. The van der Waals surface area contributed by atoms with E-state index < -0.39 is 0 Å². The van der Waals surface area contributed by atoms with Gasteiger partial charge in [0.15, 0.2) is 5.96 Å². The molecule has 1 aliphatic rings. The van der Waals surface area contributed by atoms with Gasteiger partial charge in [0, 0.05) is 24.9 Å². The first-order valence-corrected chi connectivity index (χ1v) is 7.92. The molecule has 3 nitrogen and oxygen atoms in total. The van der Waals surface area contributed by atoms with Crippen LogP contribution in [-0.4, -0.2) is 36.6 Å². The van der Waals surface area contributed by atoms with Crippen LogP contribution < -0.4 is 10.6 Å². The van der Waals surface area contributed by atoms with E-state index in [2.05, 4.69) is 55.1 Å². The number of hydrogen-bond donors (Lipinski definition) is 2. The van der Waals surface area contributed by atoms with Crippen LogP contribution in [0.1, 0.15) is 47.0 Å². The van der Waals surface area contributed by atoms with Gasteiger partial charge in [0.25, 0.3) is 0 Å². The minimum absolute atomic E-state index is 0.374. The van der Waals surface area contributed by atoms with Crippen molar-refractivity contribution < 1.29 is 0 Å². The molecule has 1 heterocycles. The van der Waals surface area contributed by atoms with Crippen molar-refractivity contribution in [2.24, 2.45) is 10.4 Å². The van der Waals surface area contributed by atoms with Crippen LogP contribution in [0.3, 0.4) is 0 Å². The van der Waals surface area contributed by atoms with Gasteiger partial charge in [-0.1, -0.05) is 20.8 Å². The number of hydrogen-bond acceptors (Lipinski definition) is 2. The Morgan fingerprint density at radius 3 is 2.56 bits per heavy atom. The van der Waals surface area contributed by atoms with E-state index in [4.69, 9.17) is 0 Å². The largest absolute Gasteiger partial charge is 0.356 e. The fraction of sp³-hybridized carbons (Fsp3) is 0.929. The number of aliphatic imine (C=N–C) groups is 1. The first kappa shape index (κ1) is 15.7. The molecule has 1 aliphatic heterocycles. The van der Waals surface area contributed by atoms with Crippen molar-refractivity contribution in [3.8, 4) is 0 Å². The smallest absolute Gasteiger partial charge is 0.191 e. The number of thioether (sulfide) groups is 1. The van der Waals surface area contributed by atoms with Crippen molar-refractivity contribution >= 4 is 17.7 Å². The second kappa shape index (κ2) is 6.69. The maximum Gasteiger partial charge on any atom is 0.191 e. The summed E-state index contributed by atoms with van der Waals surface area (Å²) in [6.07, 6.45) is 3.81. The summed E-state index contributed by atoms with van der Waals surface area (Å²) < 4.78 is 0.391. The Labute approximate surface area is 117 Å². The lowest BCUT2D eigenvalue weighted by atomic mass is 9.92. The zero-order chi connectivity index (χ0) is 13.6. The summed E-state index contributed by atoms with van der Waals surface area (Å²) in [6, 6.07) is 0. The summed E-state index contributed by atoms with van der Waals surface area (Å²) in [5.74, 6) is 2.24. The molecule has 4 heteroatoms. The summed E-state index contributed by atoms with van der Waals surface area (Å²) in [4.78, 5) is 4.28. The normalized spacial score (nSPS) is 25.3. The van der Waals surface area contributed by atoms with Crippen LogP contribution >= 0.6 is 11.8 Å². The predicted molar refractivity (Wildman–Crippen MR) is 83.5 cm³/mol. The molecule has 0 bridgehead atoms. The number of nitrogens with one attached hydrogen (secondary N) is 2. The maximum absolute atomic E-state index is 4.28. The molecule has 106 valence electrons. The highest BCUT2D eigenvalue weighted by Gasteiger charge is 2.29. The van der Waals surface area contributed by atoms with Crippen LogP contribution in [0.4, 0.5) is 0 Å². The fourth-order valence-electron chi connectivity index (χ4n) is 2.02. The van der Waals surface area contributed by atoms with E-state index in [9.17, 15) is 0 Å². The molecule has 1 atom stereocenters. The van der Waals surface area contributed by atoms with Gasteiger partial charge in [-0.05, 0) is 37.4 Å². The van der Waals surface area contributed by atoms with E-state index in [0.717, 1.165) is 25.5 Å². The monoisotopic (exact) mass is 271 g/mol. The molecular weight excluding hydrogens is 242 g/mol. The van der Waals surface area contributed by atoms with Crippen molar-refractivity contribution in [3.05, 3.63) is 0 Å². The van der Waals surface area contributed by atoms with Crippen LogP contribution in [0, 0.1) is 5.41 Å². The van der Waals surface area contributed by atoms with Crippen LogP contribution in [0.2, 0.25) is 0 Å². The zero-order valence-corrected chi connectivity index (χ0v) is 13.4. The van der Waals surface area contributed by atoms with Crippen molar-refractivity contribution in [3.63, 3.8) is 0 Å². The second-order valence-electron chi connectivity index (χ2n) is 6.57. The molecule has 1 saturated heterocycles. The number of rotatable bonds is 4. The molecule has 0 aromatic rings. The molecule has 1 unspecified atom stereocenters. The summed E-state index contributed by atoms with van der Waals surface area (Å²) in [5, 5.41) is 6.85. The molecule has 1 rings (SSSR count). The van der Waals surface area contributed by atoms with Gasteiger partial charge in [0.1, 0.15) is 0 Å². The van der Waals surface area contributed by atoms with E-state index in [1.807, 2.05) is 7.05 Å². The standard InChI is InChI=1S/C14H29N3S/c1-13(2,3)8-9-16-12(15-5)17-11-14(4)7-6-10-18-14/h6-11H2,1-5H3,(H2,15,16,17). The zero-order valence-electron chi connectivity index (χ0n) is 12.6. The summed E-state index contributed by atoms with van der Waals surface area (Å²) in [5.41, 5.74) is 0.374. The summed E-state index contributed by atoms with van der Waals surface area (Å²) >= 11 is 2.08. The topological polar surface area (TPSA) is 36.4 Å². The first-order chi connectivity index (χ1) is 8.35. The molecule has 0 aromatic heterocycles. The van der Waals surface area contributed by atoms with Crippen LogP contribution in [0.15, 0.2) is 4.99 Å². The van der Waals surface area contributed by atoms with E-state index in [-0.39, 0.29) is 0 Å². The van der Waals surface area contributed by atoms with Gasteiger partial charge in [-0.2, -0.15) is 11.8 Å². The lowest BCUT2D eigenvalue weighted by molar-refractivity contribution is 0.377. The van der Waals surface area contributed by atoms with Crippen molar-refractivity contribution in [1.29, 1.82) is 0 Å². The fourth-order valence-corrected chi connectivity index (χ4v) is 3.27. The first-order valence-electron chi connectivity index (χ1n) is 6.93. The Bertz CT molecular complexity index is 275. The van der Waals surface area contributed by atoms with Gasteiger partial charge >= 0.3 is 0 Å². The molecule has 1 fully saturated rings. The van der Waals surface area contributed by atoms with Gasteiger partial charge in [-0.25, -0.2) is 0 Å². The Kier molecular flexibility index (Phi) is 5.83. The third-order valence-electron chi connectivity index (χ3n) is 3.32. The molecule has 0 radical (unpaired) electrons. The van der Waals surface area contributed by atoms with E-state index in [0.29, 0.717) is 10.2 Å². The highest BCUT2D eigenvalue weighted by atomic mass is 32.2. The van der Waals surface area contributed by atoms with Crippen LogP contribution in [0.25, 0.3) is 0 Å². The SMILES string of the molecule is CN=C(NCCC(C)(C)C)NCC1(C)CCCS1. The van der Waals surface area contributed by atoms with E-state index in [1.54, 1.807) is 0 Å². The Morgan fingerprint density at radius 1 is 1.33 bits per heavy atom. The molecule has 18 heavy (non-hydrogen) atoms. The third-order valence-corrected chi connectivity index (χ3v) is 4.86. The molecule has 0 spiro atoms. The number of guanidine groups is 1. The number of nitrogens with zero attached hydrogens (tertiary/aromatic N) is 1. The molecule has 2 N–H and O–H groups in total. The average molecular weight is 271 g/mol. The third kappa shape index (κ3) is 5.98. The van der Waals surface area contributed by atoms with Gasteiger partial charge in [0.2, 0.25) is 0 Å². The molecule has 0 saturated carbocycles. The Hall–Kier alpha value is -0.380. The minimum atomic E-state index is 0.374. The molecule has 0 aliphatic carbocycles. The van der Waals surface area contributed by atoms with E-state index >= 15 is 0 Å². The van der Waals surface area contributed by atoms with Crippen molar-refractivity contribution in [2.45, 2.75) is 51.7 Å². The van der Waals surface area contributed by atoms with Gasteiger partial charge in [0.05, 0.1) is 0 Å². The quantitative estimate of drug-likeness (QED) is 0.610. The average Bonchev–Trinajstić information content (AvgIpc) is 2.69.